The first-order valence-corrected chi connectivity index (χ1v) is 7.26. The van der Waals surface area contributed by atoms with E-state index < -0.39 is 6.61 Å². The van der Waals surface area contributed by atoms with Gasteiger partial charge in [-0.2, -0.15) is 8.78 Å². The normalized spacial score (nSPS) is 11.1. The van der Waals surface area contributed by atoms with Gasteiger partial charge in [0.25, 0.3) is 0 Å². The van der Waals surface area contributed by atoms with Crippen LogP contribution >= 0.6 is 0 Å². The number of pyridine rings is 1. The number of halogens is 2. The second-order valence-electron chi connectivity index (χ2n) is 4.90. The van der Waals surface area contributed by atoms with Gasteiger partial charge in [0.15, 0.2) is 0 Å². The van der Waals surface area contributed by atoms with Crippen LogP contribution in [0.15, 0.2) is 24.3 Å². The molecule has 0 atom stereocenters. The van der Waals surface area contributed by atoms with Crippen molar-refractivity contribution in [3.63, 3.8) is 0 Å². The summed E-state index contributed by atoms with van der Waals surface area (Å²) >= 11 is 0. The molecule has 0 radical (unpaired) electrons. The first-order valence-electron chi connectivity index (χ1n) is 7.26. The molecular formula is C16H20F2N2O. The molecule has 5 heteroatoms. The van der Waals surface area contributed by atoms with Gasteiger partial charge in [-0.25, -0.2) is 0 Å². The molecule has 1 heterocycles. The fraction of sp³-hybridized carbons (Fsp3) is 0.438. The van der Waals surface area contributed by atoms with Gasteiger partial charge in [0, 0.05) is 23.3 Å². The highest BCUT2D eigenvalue weighted by Crippen LogP contribution is 2.28. The van der Waals surface area contributed by atoms with Gasteiger partial charge in [-0.05, 0) is 37.1 Å². The zero-order valence-corrected chi connectivity index (χ0v) is 12.3. The maximum absolute atomic E-state index is 12.3. The molecule has 1 aromatic heterocycles. The molecule has 1 aromatic carbocycles. The van der Waals surface area contributed by atoms with Gasteiger partial charge < -0.3 is 10.1 Å². The number of hydrogen-bond acceptors (Lipinski definition) is 3. The van der Waals surface area contributed by atoms with Gasteiger partial charge in [-0.1, -0.05) is 20.3 Å². The Morgan fingerprint density at radius 3 is 2.67 bits per heavy atom. The van der Waals surface area contributed by atoms with Gasteiger partial charge in [0.1, 0.15) is 5.75 Å². The van der Waals surface area contributed by atoms with Crippen LogP contribution in [0.4, 0.5) is 14.5 Å². The van der Waals surface area contributed by atoms with Gasteiger partial charge >= 0.3 is 6.61 Å². The van der Waals surface area contributed by atoms with E-state index in [0.717, 1.165) is 48.1 Å². The van der Waals surface area contributed by atoms with E-state index in [1.807, 2.05) is 6.07 Å². The summed E-state index contributed by atoms with van der Waals surface area (Å²) in [4.78, 5) is 4.57. The van der Waals surface area contributed by atoms with E-state index in [0.29, 0.717) is 0 Å². The number of aromatic nitrogens is 1. The van der Waals surface area contributed by atoms with Crippen molar-refractivity contribution in [2.24, 2.45) is 0 Å². The predicted molar refractivity (Wildman–Crippen MR) is 81.2 cm³/mol. The Morgan fingerprint density at radius 2 is 2.00 bits per heavy atom. The molecule has 0 unspecified atom stereocenters. The lowest BCUT2D eigenvalue weighted by Gasteiger charge is -2.12. The molecule has 0 bridgehead atoms. The second-order valence-corrected chi connectivity index (χ2v) is 4.90. The number of anilines is 1. The first kappa shape index (κ1) is 15.5. The molecule has 21 heavy (non-hydrogen) atoms. The van der Waals surface area contributed by atoms with Crippen LogP contribution in [0.5, 0.6) is 5.75 Å². The fourth-order valence-electron chi connectivity index (χ4n) is 2.23. The molecule has 0 saturated heterocycles. The molecule has 0 fully saturated rings. The van der Waals surface area contributed by atoms with E-state index in [1.54, 1.807) is 12.1 Å². The number of rotatable bonds is 7. The van der Waals surface area contributed by atoms with Crippen molar-refractivity contribution in [3.05, 3.63) is 30.0 Å². The third-order valence-corrected chi connectivity index (χ3v) is 3.13. The van der Waals surface area contributed by atoms with Crippen molar-refractivity contribution >= 4 is 16.6 Å². The highest BCUT2D eigenvalue weighted by atomic mass is 19.3. The van der Waals surface area contributed by atoms with Crippen molar-refractivity contribution in [1.29, 1.82) is 0 Å². The van der Waals surface area contributed by atoms with Crippen LogP contribution in [0.3, 0.4) is 0 Å². The molecule has 0 aliphatic heterocycles. The predicted octanol–water partition coefficient (Wildman–Crippen LogP) is 4.61. The third-order valence-electron chi connectivity index (χ3n) is 3.13. The minimum atomic E-state index is -2.82. The molecule has 0 amide bonds. The highest BCUT2D eigenvalue weighted by Gasteiger charge is 2.09. The van der Waals surface area contributed by atoms with E-state index in [2.05, 4.69) is 28.9 Å². The summed E-state index contributed by atoms with van der Waals surface area (Å²) in [6, 6.07) is 6.86. The maximum Gasteiger partial charge on any atom is 0.387 e. The zero-order valence-electron chi connectivity index (χ0n) is 12.3. The maximum atomic E-state index is 12.3. The van der Waals surface area contributed by atoms with Crippen molar-refractivity contribution in [2.75, 3.05) is 11.9 Å². The van der Waals surface area contributed by atoms with Crippen LogP contribution in [-0.2, 0) is 6.42 Å². The summed E-state index contributed by atoms with van der Waals surface area (Å²) in [7, 11) is 0. The number of nitrogens with zero attached hydrogens (tertiary/aromatic N) is 1. The van der Waals surface area contributed by atoms with Crippen LogP contribution in [0, 0.1) is 0 Å². The molecule has 0 spiro atoms. The molecule has 3 nitrogen and oxygen atoms in total. The number of fused-ring (bicyclic) bond motifs is 1. The Kier molecular flexibility index (Phi) is 5.31. The van der Waals surface area contributed by atoms with Crippen LogP contribution in [0.1, 0.15) is 32.4 Å². The quantitative estimate of drug-likeness (QED) is 0.809. The summed E-state index contributed by atoms with van der Waals surface area (Å²) in [5.41, 5.74) is 2.72. The standard InChI is InChI=1S/C16H20F2N2O/c1-3-5-11-9-15(19-8-4-2)13-10-12(21-16(17)18)6-7-14(13)20-11/h6-7,9-10,16H,3-5,8H2,1-2H3,(H,19,20). The fourth-order valence-corrected chi connectivity index (χ4v) is 2.23. The lowest BCUT2D eigenvalue weighted by molar-refractivity contribution is -0.0497. The van der Waals surface area contributed by atoms with Gasteiger partial charge in [0.05, 0.1) is 5.52 Å². The lowest BCUT2D eigenvalue weighted by atomic mass is 10.1. The highest BCUT2D eigenvalue weighted by molar-refractivity contribution is 5.92. The number of aryl methyl sites for hydroxylation is 1. The zero-order chi connectivity index (χ0) is 15.2. The Bertz CT molecular complexity index is 602. The summed E-state index contributed by atoms with van der Waals surface area (Å²) in [6.45, 7) is 2.19. The number of hydrogen-bond donors (Lipinski definition) is 1. The monoisotopic (exact) mass is 294 g/mol. The average Bonchev–Trinajstić information content (AvgIpc) is 2.45. The average molecular weight is 294 g/mol. The Labute approximate surface area is 123 Å². The van der Waals surface area contributed by atoms with Crippen LogP contribution in [-0.4, -0.2) is 18.1 Å². The Balaban J connectivity index is 2.45. The smallest absolute Gasteiger partial charge is 0.387 e. The molecule has 114 valence electrons. The third kappa shape index (κ3) is 4.03. The summed E-state index contributed by atoms with van der Waals surface area (Å²) in [5, 5.41) is 4.14. The molecule has 0 saturated carbocycles. The largest absolute Gasteiger partial charge is 0.435 e. The summed E-state index contributed by atoms with van der Waals surface area (Å²) in [6.07, 6.45) is 2.89. The van der Waals surface area contributed by atoms with E-state index in [1.165, 1.54) is 6.07 Å². The topological polar surface area (TPSA) is 34.2 Å². The molecule has 2 rings (SSSR count). The molecule has 1 N–H and O–H groups in total. The second kappa shape index (κ2) is 7.20. The van der Waals surface area contributed by atoms with Gasteiger partial charge in [-0.15, -0.1) is 0 Å². The van der Waals surface area contributed by atoms with Crippen LogP contribution in [0.2, 0.25) is 0 Å². The van der Waals surface area contributed by atoms with E-state index in [9.17, 15) is 8.78 Å². The summed E-state index contributed by atoms with van der Waals surface area (Å²) in [5.74, 6) is 0.155. The van der Waals surface area contributed by atoms with E-state index >= 15 is 0 Å². The number of ether oxygens (including phenoxy) is 1. The van der Waals surface area contributed by atoms with Crippen molar-refractivity contribution in [3.8, 4) is 5.75 Å². The Morgan fingerprint density at radius 1 is 1.19 bits per heavy atom. The molecule has 0 aliphatic rings. The summed E-state index contributed by atoms with van der Waals surface area (Å²) < 4.78 is 29.1. The SMILES string of the molecule is CCCNc1cc(CCC)nc2ccc(OC(F)F)cc12. The number of benzene rings is 1. The van der Waals surface area contributed by atoms with E-state index in [4.69, 9.17) is 0 Å². The minimum absolute atomic E-state index is 0.155. The number of nitrogens with one attached hydrogen (secondary N) is 1. The molecular weight excluding hydrogens is 274 g/mol. The van der Waals surface area contributed by atoms with Gasteiger partial charge in [-0.3, -0.25) is 4.98 Å². The van der Waals surface area contributed by atoms with Crippen LogP contribution < -0.4 is 10.1 Å². The molecule has 2 aromatic rings. The van der Waals surface area contributed by atoms with Gasteiger partial charge in [0.2, 0.25) is 0 Å². The van der Waals surface area contributed by atoms with Crippen molar-refractivity contribution in [1.82, 2.24) is 4.98 Å². The van der Waals surface area contributed by atoms with Crippen LogP contribution in [0.25, 0.3) is 10.9 Å². The Hall–Kier alpha value is -1.91. The van der Waals surface area contributed by atoms with E-state index in [-0.39, 0.29) is 5.75 Å². The van der Waals surface area contributed by atoms with Crippen molar-refractivity contribution < 1.29 is 13.5 Å². The first-order chi connectivity index (χ1) is 10.1. The molecule has 0 aliphatic carbocycles. The minimum Gasteiger partial charge on any atom is -0.435 e. The number of alkyl halides is 2. The lowest BCUT2D eigenvalue weighted by Crippen LogP contribution is -2.04. The van der Waals surface area contributed by atoms with Crippen molar-refractivity contribution in [2.45, 2.75) is 39.7 Å².